The van der Waals surface area contributed by atoms with Gasteiger partial charge in [0.25, 0.3) is 0 Å². The molecule has 0 saturated heterocycles. The number of ether oxygens (including phenoxy) is 4. The maximum absolute atomic E-state index is 12.9. The van der Waals surface area contributed by atoms with E-state index in [1.807, 2.05) is 54.6 Å². The molecule has 0 heterocycles. The van der Waals surface area contributed by atoms with Gasteiger partial charge in [-0.05, 0) is 161 Å². The summed E-state index contributed by atoms with van der Waals surface area (Å²) in [6, 6.07) is 46.1. The summed E-state index contributed by atoms with van der Waals surface area (Å²) in [5, 5.41) is 9.54. The van der Waals surface area contributed by atoms with Gasteiger partial charge < -0.3 is 24.1 Å². The third-order valence-corrected chi connectivity index (χ3v) is 8.84. The average molecular weight is 741 g/mol. The van der Waals surface area contributed by atoms with Crippen molar-refractivity contribution >= 4 is 24.2 Å². The number of rotatable bonds is 11. The maximum atomic E-state index is 12.9. The number of carbonyl (C=O) groups is 4. The van der Waals surface area contributed by atoms with Crippen LogP contribution in [0.2, 0.25) is 0 Å². The van der Waals surface area contributed by atoms with Crippen LogP contribution in [0.4, 0.5) is 0 Å². The fourth-order valence-corrected chi connectivity index (χ4v) is 5.79. The highest BCUT2D eigenvalue weighted by atomic mass is 16.5. The van der Waals surface area contributed by atoms with E-state index < -0.39 is 17.9 Å². The van der Waals surface area contributed by atoms with Gasteiger partial charge in [-0.3, -0.25) is 4.79 Å². The zero-order valence-electron chi connectivity index (χ0n) is 29.9. The number of hydrogen-bond donors (Lipinski definition) is 1. The molecule has 0 aliphatic carbocycles. The number of aromatic hydroxyl groups is 1. The molecule has 7 rings (SSSR count). The summed E-state index contributed by atoms with van der Waals surface area (Å²) in [5.74, 6) is 0.149. The lowest BCUT2D eigenvalue weighted by Crippen LogP contribution is -2.08. The van der Waals surface area contributed by atoms with Gasteiger partial charge in [-0.2, -0.15) is 0 Å². The van der Waals surface area contributed by atoms with E-state index in [1.54, 1.807) is 92.0 Å². The van der Waals surface area contributed by atoms with Crippen molar-refractivity contribution in [1.82, 2.24) is 0 Å². The number of phenolic OH excluding ortho intramolecular Hbond substituents is 1. The van der Waals surface area contributed by atoms with Gasteiger partial charge in [-0.1, -0.05) is 36.4 Å². The molecule has 0 unspecified atom stereocenters. The zero-order valence-corrected chi connectivity index (χ0v) is 29.9. The molecule has 274 valence electrons. The number of hydrogen-bond acceptors (Lipinski definition) is 9. The number of esters is 3. The molecule has 0 bridgehead atoms. The number of carbonyl (C=O) groups excluding carboxylic acids is 4. The second-order valence-electron chi connectivity index (χ2n) is 12.6. The Morgan fingerprint density at radius 1 is 0.411 bits per heavy atom. The third-order valence-electron chi connectivity index (χ3n) is 8.84. The van der Waals surface area contributed by atoms with Crippen LogP contribution in [0, 0.1) is 0 Å². The highest BCUT2D eigenvalue weighted by Crippen LogP contribution is 2.34. The standard InChI is InChI=1S/C47H32O9/c1-53-41-22-24-44(25-23-41)56-47(52)36-14-8-33(9-15-36)39-27-37(31-4-10-34(11-5-31)45(50)54-42-18-2-30(29-48)3-19-42)26-38(28-39)32-6-12-35(13-7-32)46(51)55-43-20-16-40(49)17-21-43/h2-29,49H,1H3. The van der Waals surface area contributed by atoms with Gasteiger partial charge in [-0.25, -0.2) is 14.4 Å². The molecule has 7 aromatic carbocycles. The smallest absolute Gasteiger partial charge is 0.343 e. The summed E-state index contributed by atoms with van der Waals surface area (Å²) >= 11 is 0. The van der Waals surface area contributed by atoms with Gasteiger partial charge in [0.15, 0.2) is 0 Å². The van der Waals surface area contributed by atoms with E-state index in [4.69, 9.17) is 18.9 Å². The highest BCUT2D eigenvalue weighted by molar-refractivity contribution is 5.94. The molecule has 0 spiro atoms. The summed E-state index contributed by atoms with van der Waals surface area (Å²) in [7, 11) is 1.56. The van der Waals surface area contributed by atoms with Crippen molar-refractivity contribution in [3.63, 3.8) is 0 Å². The van der Waals surface area contributed by atoms with E-state index in [0.29, 0.717) is 51.5 Å². The fourth-order valence-electron chi connectivity index (χ4n) is 5.79. The van der Waals surface area contributed by atoms with E-state index in [9.17, 15) is 24.3 Å². The Kier molecular flexibility index (Phi) is 10.8. The lowest BCUT2D eigenvalue weighted by molar-refractivity contribution is 0.0725. The Morgan fingerprint density at radius 3 is 1.04 bits per heavy atom. The summed E-state index contributed by atoms with van der Waals surface area (Å²) in [6.45, 7) is 0. The van der Waals surface area contributed by atoms with Crippen molar-refractivity contribution in [3.8, 4) is 62.1 Å². The van der Waals surface area contributed by atoms with Gasteiger partial charge in [0.2, 0.25) is 0 Å². The molecule has 9 nitrogen and oxygen atoms in total. The highest BCUT2D eigenvalue weighted by Gasteiger charge is 2.15. The lowest BCUT2D eigenvalue weighted by atomic mass is 9.92. The lowest BCUT2D eigenvalue weighted by Gasteiger charge is -2.13. The molecular weight excluding hydrogens is 709 g/mol. The van der Waals surface area contributed by atoms with Crippen LogP contribution in [0.15, 0.2) is 164 Å². The molecule has 0 aliphatic rings. The predicted octanol–water partition coefficient (Wildman–Crippen LogP) is 9.87. The number of benzene rings is 7. The molecule has 0 fully saturated rings. The zero-order chi connectivity index (χ0) is 39.0. The van der Waals surface area contributed by atoms with Crippen molar-refractivity contribution in [2.45, 2.75) is 0 Å². The number of phenols is 1. The normalized spacial score (nSPS) is 10.6. The van der Waals surface area contributed by atoms with E-state index in [-0.39, 0.29) is 5.75 Å². The minimum absolute atomic E-state index is 0.0660. The Balaban J connectivity index is 1.16. The fraction of sp³-hybridized carbons (Fsp3) is 0.0213. The van der Waals surface area contributed by atoms with Crippen LogP contribution >= 0.6 is 0 Å². The van der Waals surface area contributed by atoms with Crippen LogP contribution in [0.3, 0.4) is 0 Å². The van der Waals surface area contributed by atoms with Gasteiger partial charge in [0.05, 0.1) is 23.8 Å². The quantitative estimate of drug-likeness (QED) is 0.0784. The Morgan fingerprint density at radius 2 is 0.714 bits per heavy atom. The summed E-state index contributed by atoms with van der Waals surface area (Å²) in [6.07, 6.45) is 0.716. The summed E-state index contributed by atoms with van der Waals surface area (Å²) in [5.41, 5.74) is 6.58. The molecule has 0 amide bonds. The maximum Gasteiger partial charge on any atom is 0.343 e. The average Bonchev–Trinajstić information content (AvgIpc) is 3.25. The van der Waals surface area contributed by atoms with Crippen molar-refractivity contribution in [2.75, 3.05) is 7.11 Å². The molecule has 0 saturated carbocycles. The molecular formula is C47H32O9. The number of methoxy groups -OCH3 is 1. The first-order valence-electron chi connectivity index (χ1n) is 17.4. The topological polar surface area (TPSA) is 125 Å². The van der Waals surface area contributed by atoms with Gasteiger partial charge in [0, 0.05) is 5.56 Å². The Hall–Kier alpha value is -7.78. The first-order chi connectivity index (χ1) is 27.2. The SMILES string of the molecule is COc1ccc(OC(=O)c2ccc(-c3cc(-c4ccc(C(=O)Oc5ccc(O)cc5)cc4)cc(-c4ccc(C(=O)Oc5ccc(C=O)cc5)cc4)c3)cc2)cc1. The predicted molar refractivity (Wildman–Crippen MR) is 211 cm³/mol. The molecule has 9 heteroatoms. The van der Waals surface area contributed by atoms with Crippen LogP contribution in [0.5, 0.6) is 28.7 Å². The minimum Gasteiger partial charge on any atom is -0.508 e. The largest absolute Gasteiger partial charge is 0.508 e. The van der Waals surface area contributed by atoms with Crippen molar-refractivity contribution < 1.29 is 43.2 Å². The second kappa shape index (κ2) is 16.5. The molecule has 0 aliphatic heterocycles. The van der Waals surface area contributed by atoms with E-state index in [0.717, 1.165) is 33.4 Å². The van der Waals surface area contributed by atoms with Crippen LogP contribution in [-0.2, 0) is 0 Å². The number of aldehydes is 1. The van der Waals surface area contributed by atoms with Crippen LogP contribution in [0.1, 0.15) is 41.4 Å². The van der Waals surface area contributed by atoms with Crippen molar-refractivity contribution in [3.05, 3.63) is 186 Å². The van der Waals surface area contributed by atoms with Gasteiger partial charge >= 0.3 is 17.9 Å². The molecule has 0 aromatic heterocycles. The molecule has 7 aromatic rings. The van der Waals surface area contributed by atoms with E-state index >= 15 is 0 Å². The second-order valence-corrected chi connectivity index (χ2v) is 12.6. The molecule has 56 heavy (non-hydrogen) atoms. The van der Waals surface area contributed by atoms with Crippen LogP contribution in [0.25, 0.3) is 33.4 Å². The first-order valence-corrected chi connectivity index (χ1v) is 17.4. The molecule has 0 atom stereocenters. The van der Waals surface area contributed by atoms with Crippen molar-refractivity contribution in [1.29, 1.82) is 0 Å². The Bertz CT molecular complexity index is 2510. The minimum atomic E-state index is -0.543. The van der Waals surface area contributed by atoms with E-state index in [2.05, 4.69) is 0 Å². The van der Waals surface area contributed by atoms with E-state index in [1.165, 1.54) is 24.3 Å². The van der Waals surface area contributed by atoms with Gasteiger partial charge in [-0.15, -0.1) is 0 Å². The molecule has 1 N–H and O–H groups in total. The Labute approximate surface area is 321 Å². The van der Waals surface area contributed by atoms with Crippen LogP contribution < -0.4 is 18.9 Å². The first kappa shape index (κ1) is 36.6. The van der Waals surface area contributed by atoms with Gasteiger partial charge in [0.1, 0.15) is 35.0 Å². The summed E-state index contributed by atoms with van der Waals surface area (Å²) in [4.78, 5) is 49.7. The van der Waals surface area contributed by atoms with Crippen LogP contribution in [-0.4, -0.2) is 36.4 Å². The van der Waals surface area contributed by atoms with Crippen molar-refractivity contribution in [2.24, 2.45) is 0 Å². The third kappa shape index (κ3) is 8.70. The summed E-state index contributed by atoms with van der Waals surface area (Å²) < 4.78 is 21.7. The monoisotopic (exact) mass is 740 g/mol. The molecule has 0 radical (unpaired) electrons.